The fourth-order valence-corrected chi connectivity index (χ4v) is 2.13. The summed E-state index contributed by atoms with van der Waals surface area (Å²) in [5, 5.41) is 9.56. The van der Waals surface area contributed by atoms with Crippen LogP contribution in [0.1, 0.15) is 40.0 Å². The van der Waals surface area contributed by atoms with Crippen LogP contribution in [0.2, 0.25) is 0 Å². The van der Waals surface area contributed by atoms with Crippen LogP contribution in [0, 0.1) is 5.92 Å². The molecule has 0 saturated carbocycles. The number of aliphatic carboxylic acids is 1. The van der Waals surface area contributed by atoms with Gasteiger partial charge in [-0.05, 0) is 25.8 Å². The Kier molecular flexibility index (Phi) is 7.39. The normalized spacial score (nSPS) is 16.8. The molecule has 0 amide bonds. The standard InChI is InChI=1S/C13H27NO3/c1-6-11(3)10-13(7-2,12(15)16)14(4)8-9-17-5/h11H,6-10H2,1-5H3,(H,15,16). The number of likely N-dealkylation sites (N-methyl/N-ethyl adjacent to an activating group) is 1. The summed E-state index contributed by atoms with van der Waals surface area (Å²) < 4.78 is 5.03. The molecule has 0 bridgehead atoms. The summed E-state index contributed by atoms with van der Waals surface area (Å²) in [6, 6.07) is 0. The molecular formula is C13H27NO3. The van der Waals surface area contributed by atoms with Crippen LogP contribution in [0.15, 0.2) is 0 Å². The van der Waals surface area contributed by atoms with Gasteiger partial charge in [-0.2, -0.15) is 0 Å². The fraction of sp³-hybridized carbons (Fsp3) is 0.923. The lowest BCUT2D eigenvalue weighted by Crippen LogP contribution is -2.54. The first-order chi connectivity index (χ1) is 7.94. The van der Waals surface area contributed by atoms with Crippen LogP contribution in [-0.4, -0.2) is 48.8 Å². The number of nitrogens with zero attached hydrogens (tertiary/aromatic N) is 1. The van der Waals surface area contributed by atoms with Crippen molar-refractivity contribution < 1.29 is 14.6 Å². The second-order valence-corrected chi connectivity index (χ2v) is 4.82. The molecule has 2 atom stereocenters. The van der Waals surface area contributed by atoms with Crippen LogP contribution in [0.3, 0.4) is 0 Å². The molecule has 0 radical (unpaired) electrons. The van der Waals surface area contributed by atoms with Gasteiger partial charge >= 0.3 is 5.97 Å². The van der Waals surface area contributed by atoms with E-state index in [1.54, 1.807) is 7.11 Å². The van der Waals surface area contributed by atoms with Crippen molar-refractivity contribution in [2.75, 3.05) is 27.3 Å². The largest absolute Gasteiger partial charge is 0.480 e. The van der Waals surface area contributed by atoms with E-state index in [0.717, 1.165) is 6.42 Å². The van der Waals surface area contributed by atoms with Gasteiger partial charge in [0, 0.05) is 13.7 Å². The van der Waals surface area contributed by atoms with Crippen molar-refractivity contribution in [1.82, 2.24) is 4.90 Å². The lowest BCUT2D eigenvalue weighted by atomic mass is 9.83. The smallest absolute Gasteiger partial charge is 0.324 e. The topological polar surface area (TPSA) is 49.8 Å². The molecular weight excluding hydrogens is 218 g/mol. The molecule has 0 heterocycles. The van der Waals surface area contributed by atoms with Crippen LogP contribution in [0.5, 0.6) is 0 Å². The minimum absolute atomic E-state index is 0.413. The van der Waals surface area contributed by atoms with Crippen LogP contribution >= 0.6 is 0 Å². The molecule has 4 heteroatoms. The molecule has 1 N–H and O–H groups in total. The average molecular weight is 245 g/mol. The maximum atomic E-state index is 11.6. The van der Waals surface area contributed by atoms with E-state index in [0.29, 0.717) is 31.9 Å². The zero-order valence-electron chi connectivity index (χ0n) is 11.8. The number of carboxylic acids is 1. The van der Waals surface area contributed by atoms with E-state index in [2.05, 4.69) is 13.8 Å². The van der Waals surface area contributed by atoms with Crippen molar-refractivity contribution in [3.63, 3.8) is 0 Å². The predicted octanol–water partition coefficient (Wildman–Crippen LogP) is 2.23. The average Bonchev–Trinajstić information content (AvgIpc) is 2.32. The highest BCUT2D eigenvalue weighted by atomic mass is 16.5. The Morgan fingerprint density at radius 1 is 1.47 bits per heavy atom. The van der Waals surface area contributed by atoms with E-state index < -0.39 is 11.5 Å². The van der Waals surface area contributed by atoms with Crippen LogP contribution < -0.4 is 0 Å². The molecule has 0 aromatic carbocycles. The number of methoxy groups -OCH3 is 1. The summed E-state index contributed by atoms with van der Waals surface area (Å²) in [6.45, 7) is 7.36. The number of hydrogen-bond donors (Lipinski definition) is 1. The molecule has 0 fully saturated rings. The minimum atomic E-state index is -0.756. The van der Waals surface area contributed by atoms with Gasteiger partial charge in [-0.3, -0.25) is 9.69 Å². The highest BCUT2D eigenvalue weighted by Gasteiger charge is 2.41. The Bertz CT molecular complexity index is 233. The molecule has 4 nitrogen and oxygen atoms in total. The van der Waals surface area contributed by atoms with Gasteiger partial charge in [0.25, 0.3) is 0 Å². The van der Waals surface area contributed by atoms with Gasteiger partial charge in [-0.1, -0.05) is 27.2 Å². The van der Waals surface area contributed by atoms with E-state index in [1.807, 2.05) is 18.9 Å². The molecule has 0 aromatic heterocycles. The molecule has 102 valence electrons. The van der Waals surface area contributed by atoms with Crippen molar-refractivity contribution >= 4 is 5.97 Å². The third kappa shape index (κ3) is 4.28. The first-order valence-corrected chi connectivity index (χ1v) is 6.38. The van der Waals surface area contributed by atoms with Gasteiger partial charge in [0.15, 0.2) is 0 Å². The zero-order valence-corrected chi connectivity index (χ0v) is 11.8. The monoisotopic (exact) mass is 245 g/mol. The molecule has 0 rings (SSSR count). The second-order valence-electron chi connectivity index (χ2n) is 4.82. The quantitative estimate of drug-likeness (QED) is 0.677. The number of carboxylic acid groups (broad SMARTS) is 1. The Morgan fingerprint density at radius 2 is 2.06 bits per heavy atom. The van der Waals surface area contributed by atoms with Crippen LogP contribution in [0.4, 0.5) is 0 Å². The number of rotatable bonds is 9. The third-order valence-corrected chi connectivity index (χ3v) is 3.73. The molecule has 2 unspecified atom stereocenters. The van der Waals surface area contributed by atoms with Gasteiger partial charge in [0.05, 0.1) is 6.61 Å². The number of ether oxygens (including phenoxy) is 1. The van der Waals surface area contributed by atoms with Gasteiger partial charge in [0.2, 0.25) is 0 Å². The lowest BCUT2D eigenvalue weighted by molar-refractivity contribution is -0.153. The van der Waals surface area contributed by atoms with E-state index in [4.69, 9.17) is 4.74 Å². The summed E-state index contributed by atoms with van der Waals surface area (Å²) >= 11 is 0. The Morgan fingerprint density at radius 3 is 2.41 bits per heavy atom. The van der Waals surface area contributed by atoms with Gasteiger partial charge in [-0.15, -0.1) is 0 Å². The summed E-state index contributed by atoms with van der Waals surface area (Å²) in [5.41, 5.74) is -0.756. The number of hydrogen-bond acceptors (Lipinski definition) is 3. The van der Waals surface area contributed by atoms with E-state index in [-0.39, 0.29) is 0 Å². The fourth-order valence-electron chi connectivity index (χ4n) is 2.13. The zero-order chi connectivity index (χ0) is 13.5. The second kappa shape index (κ2) is 7.67. The summed E-state index contributed by atoms with van der Waals surface area (Å²) in [4.78, 5) is 13.5. The van der Waals surface area contributed by atoms with Crippen molar-refractivity contribution in [1.29, 1.82) is 0 Å². The molecule has 17 heavy (non-hydrogen) atoms. The van der Waals surface area contributed by atoms with E-state index >= 15 is 0 Å². The first-order valence-electron chi connectivity index (χ1n) is 6.38. The molecule has 0 spiro atoms. The van der Waals surface area contributed by atoms with Gasteiger partial charge in [-0.25, -0.2) is 0 Å². The lowest BCUT2D eigenvalue weighted by Gasteiger charge is -2.39. The van der Waals surface area contributed by atoms with E-state index in [9.17, 15) is 9.90 Å². The van der Waals surface area contributed by atoms with Crippen LogP contribution in [0.25, 0.3) is 0 Å². The summed E-state index contributed by atoms with van der Waals surface area (Å²) in [6.07, 6.45) is 2.32. The Balaban J connectivity index is 4.86. The van der Waals surface area contributed by atoms with E-state index in [1.165, 1.54) is 0 Å². The van der Waals surface area contributed by atoms with Crippen molar-refractivity contribution in [3.8, 4) is 0 Å². The SMILES string of the molecule is CCC(C)CC(CC)(C(=O)O)N(C)CCOC. The first kappa shape index (κ1) is 16.4. The number of carbonyl (C=O) groups is 1. The Hall–Kier alpha value is -0.610. The molecule has 0 saturated heterocycles. The summed E-state index contributed by atoms with van der Waals surface area (Å²) in [5.74, 6) is -0.310. The van der Waals surface area contributed by atoms with Crippen LogP contribution in [-0.2, 0) is 9.53 Å². The molecule has 0 aromatic rings. The van der Waals surface area contributed by atoms with Crippen molar-refractivity contribution in [2.24, 2.45) is 5.92 Å². The highest BCUT2D eigenvalue weighted by Crippen LogP contribution is 2.28. The van der Waals surface area contributed by atoms with Gasteiger partial charge in [0.1, 0.15) is 5.54 Å². The van der Waals surface area contributed by atoms with Gasteiger partial charge < -0.3 is 9.84 Å². The molecule has 0 aliphatic rings. The highest BCUT2D eigenvalue weighted by molar-refractivity contribution is 5.78. The molecule has 0 aliphatic heterocycles. The van der Waals surface area contributed by atoms with Crippen molar-refractivity contribution in [3.05, 3.63) is 0 Å². The Labute approximate surface area is 105 Å². The maximum Gasteiger partial charge on any atom is 0.324 e. The summed E-state index contributed by atoms with van der Waals surface area (Å²) in [7, 11) is 3.51. The third-order valence-electron chi connectivity index (χ3n) is 3.73. The molecule has 0 aliphatic carbocycles. The van der Waals surface area contributed by atoms with Crippen molar-refractivity contribution in [2.45, 2.75) is 45.6 Å². The minimum Gasteiger partial charge on any atom is -0.480 e. The predicted molar refractivity (Wildman–Crippen MR) is 69.2 cm³/mol. The maximum absolute atomic E-state index is 11.6.